The molecule has 3 N–H and O–H groups in total. The quantitative estimate of drug-likeness (QED) is 0.847. The van der Waals surface area contributed by atoms with Gasteiger partial charge in [-0.05, 0) is 31.5 Å². The van der Waals surface area contributed by atoms with Gasteiger partial charge in [0.05, 0.1) is 10.9 Å². The van der Waals surface area contributed by atoms with Gasteiger partial charge in [-0.25, -0.2) is 8.42 Å². The fourth-order valence-corrected chi connectivity index (χ4v) is 2.73. The molecule has 0 aromatic heterocycles. The summed E-state index contributed by atoms with van der Waals surface area (Å²) in [4.78, 5) is 0. The third kappa shape index (κ3) is 3.56. The molecule has 1 aromatic carbocycles. The Morgan fingerprint density at radius 2 is 1.79 bits per heavy atom. The zero-order valence-electron chi connectivity index (χ0n) is 11.3. The Morgan fingerprint density at radius 3 is 2.16 bits per heavy atom. The molecule has 0 heterocycles. The summed E-state index contributed by atoms with van der Waals surface area (Å²) in [5, 5.41) is 10.4. The predicted molar refractivity (Wildman–Crippen MR) is 80.9 cm³/mol. The second kappa shape index (κ2) is 5.91. The number of sulfone groups is 1. The summed E-state index contributed by atoms with van der Waals surface area (Å²) in [5.74, 6) is -0.419. The van der Waals surface area contributed by atoms with Crippen LogP contribution in [0.15, 0.2) is 28.7 Å². The summed E-state index contributed by atoms with van der Waals surface area (Å²) >= 11 is 3.34. The fraction of sp³-hybridized carbons (Fsp3) is 0.538. The van der Waals surface area contributed by atoms with Crippen LogP contribution in [0.3, 0.4) is 0 Å². The Kier molecular flexibility index (Phi) is 5.17. The first-order valence-electron chi connectivity index (χ1n) is 5.94. The van der Waals surface area contributed by atoms with Crippen molar-refractivity contribution in [3.8, 4) is 0 Å². The second-order valence-corrected chi connectivity index (χ2v) is 8.73. The molecular weight excluding hydrogens is 330 g/mol. The van der Waals surface area contributed by atoms with Gasteiger partial charge in [-0.3, -0.25) is 0 Å². The smallest absolute Gasteiger partial charge is 0.155 e. The lowest BCUT2D eigenvalue weighted by Crippen LogP contribution is -2.48. The monoisotopic (exact) mass is 349 g/mol. The van der Waals surface area contributed by atoms with Crippen LogP contribution >= 0.6 is 15.9 Å². The summed E-state index contributed by atoms with van der Waals surface area (Å²) in [5.41, 5.74) is 6.55. The first-order chi connectivity index (χ1) is 8.61. The van der Waals surface area contributed by atoms with E-state index in [1.807, 2.05) is 24.3 Å². The van der Waals surface area contributed by atoms with Gasteiger partial charge in [-0.15, -0.1) is 0 Å². The van der Waals surface area contributed by atoms with Crippen LogP contribution in [0.25, 0.3) is 0 Å². The third-order valence-corrected chi connectivity index (χ3v) is 6.28. The van der Waals surface area contributed by atoms with Gasteiger partial charge in [-0.2, -0.15) is 0 Å². The molecular formula is C13H20BrNO3S. The molecule has 2 unspecified atom stereocenters. The SMILES string of the molecule is CC(C)(C(O)C(CN)c1ccc(Br)cc1)S(C)(=O)=O. The number of hydrogen-bond acceptors (Lipinski definition) is 4. The molecule has 0 bridgehead atoms. The number of aliphatic hydroxyl groups is 1. The van der Waals surface area contributed by atoms with Gasteiger partial charge in [0.2, 0.25) is 0 Å². The maximum absolute atomic E-state index is 11.8. The second-order valence-electron chi connectivity index (χ2n) is 5.21. The Balaban J connectivity index is 3.14. The third-order valence-electron chi connectivity index (χ3n) is 3.60. The van der Waals surface area contributed by atoms with Gasteiger partial charge >= 0.3 is 0 Å². The Labute approximate surface area is 123 Å². The zero-order valence-corrected chi connectivity index (χ0v) is 13.7. The van der Waals surface area contributed by atoms with Crippen LogP contribution in [0.5, 0.6) is 0 Å². The summed E-state index contributed by atoms with van der Waals surface area (Å²) in [6.07, 6.45) is 0.0689. The molecule has 0 saturated heterocycles. The minimum absolute atomic E-state index is 0.182. The number of benzene rings is 1. The van der Waals surface area contributed by atoms with Crippen molar-refractivity contribution in [1.29, 1.82) is 0 Å². The van der Waals surface area contributed by atoms with E-state index in [2.05, 4.69) is 15.9 Å². The highest BCUT2D eigenvalue weighted by molar-refractivity contribution is 9.10. The summed E-state index contributed by atoms with van der Waals surface area (Å²) in [7, 11) is -3.39. The molecule has 108 valence electrons. The molecule has 0 fully saturated rings. The molecule has 0 aliphatic carbocycles. The highest BCUT2D eigenvalue weighted by Gasteiger charge is 2.42. The van der Waals surface area contributed by atoms with E-state index in [4.69, 9.17) is 5.73 Å². The van der Waals surface area contributed by atoms with Gasteiger partial charge < -0.3 is 10.8 Å². The average Bonchev–Trinajstić information content (AvgIpc) is 2.30. The fourth-order valence-electron chi connectivity index (χ4n) is 1.86. The van der Waals surface area contributed by atoms with Crippen molar-refractivity contribution in [2.75, 3.05) is 12.8 Å². The molecule has 2 atom stereocenters. The molecule has 0 aliphatic rings. The minimum Gasteiger partial charge on any atom is -0.391 e. The molecule has 0 spiro atoms. The van der Waals surface area contributed by atoms with Gasteiger partial charge in [0, 0.05) is 23.2 Å². The van der Waals surface area contributed by atoms with E-state index < -0.39 is 26.6 Å². The van der Waals surface area contributed by atoms with E-state index >= 15 is 0 Å². The van der Waals surface area contributed by atoms with E-state index in [0.29, 0.717) is 0 Å². The largest absolute Gasteiger partial charge is 0.391 e. The average molecular weight is 350 g/mol. The highest BCUT2D eigenvalue weighted by atomic mass is 79.9. The summed E-state index contributed by atoms with van der Waals surface area (Å²) in [6, 6.07) is 7.36. The van der Waals surface area contributed by atoms with Crippen LogP contribution in [0.1, 0.15) is 25.3 Å². The van der Waals surface area contributed by atoms with Crippen LogP contribution in [0, 0.1) is 0 Å². The number of rotatable bonds is 5. The lowest BCUT2D eigenvalue weighted by molar-refractivity contribution is 0.110. The molecule has 19 heavy (non-hydrogen) atoms. The van der Waals surface area contributed by atoms with Crippen molar-refractivity contribution in [2.24, 2.45) is 5.73 Å². The number of hydrogen-bond donors (Lipinski definition) is 2. The molecule has 0 radical (unpaired) electrons. The van der Waals surface area contributed by atoms with E-state index in [0.717, 1.165) is 16.3 Å². The minimum atomic E-state index is -3.39. The lowest BCUT2D eigenvalue weighted by atomic mass is 9.87. The number of nitrogens with two attached hydrogens (primary N) is 1. The van der Waals surface area contributed by atoms with Crippen LogP contribution < -0.4 is 5.73 Å². The van der Waals surface area contributed by atoms with Crippen LogP contribution in [-0.2, 0) is 9.84 Å². The lowest BCUT2D eigenvalue weighted by Gasteiger charge is -2.34. The predicted octanol–water partition coefficient (Wildman–Crippen LogP) is 1.68. The van der Waals surface area contributed by atoms with E-state index in [-0.39, 0.29) is 6.54 Å². The molecule has 1 aromatic rings. The van der Waals surface area contributed by atoms with Crippen LogP contribution in [0.4, 0.5) is 0 Å². The topological polar surface area (TPSA) is 80.4 Å². The van der Waals surface area contributed by atoms with E-state index in [1.165, 1.54) is 13.8 Å². The van der Waals surface area contributed by atoms with Crippen LogP contribution in [0.2, 0.25) is 0 Å². The maximum Gasteiger partial charge on any atom is 0.155 e. The first-order valence-corrected chi connectivity index (χ1v) is 8.63. The molecule has 0 amide bonds. The summed E-state index contributed by atoms with van der Waals surface area (Å²) < 4.78 is 23.3. The van der Waals surface area contributed by atoms with Gasteiger partial charge in [0.25, 0.3) is 0 Å². The van der Waals surface area contributed by atoms with Crippen molar-refractivity contribution in [3.63, 3.8) is 0 Å². The van der Waals surface area contributed by atoms with Crippen molar-refractivity contribution in [2.45, 2.75) is 30.6 Å². The standard InChI is InChI=1S/C13H20BrNO3S/c1-13(2,19(3,17)18)12(16)11(8-15)9-4-6-10(14)7-5-9/h4-7,11-12,16H,8,15H2,1-3H3. The molecule has 1 rings (SSSR count). The Bertz CT molecular complexity index is 525. The van der Waals surface area contributed by atoms with E-state index in [9.17, 15) is 13.5 Å². The Hall–Kier alpha value is -0.430. The first kappa shape index (κ1) is 16.6. The normalized spacial score (nSPS) is 16.1. The van der Waals surface area contributed by atoms with E-state index in [1.54, 1.807) is 0 Å². The molecule has 6 heteroatoms. The van der Waals surface area contributed by atoms with Crippen molar-refractivity contribution in [1.82, 2.24) is 0 Å². The van der Waals surface area contributed by atoms with Crippen molar-refractivity contribution in [3.05, 3.63) is 34.3 Å². The van der Waals surface area contributed by atoms with Gasteiger partial charge in [0.15, 0.2) is 9.84 Å². The summed E-state index contributed by atoms with van der Waals surface area (Å²) in [6.45, 7) is 3.23. The maximum atomic E-state index is 11.8. The number of halogens is 1. The molecule has 4 nitrogen and oxygen atoms in total. The van der Waals surface area contributed by atoms with Gasteiger partial charge in [0.1, 0.15) is 0 Å². The molecule has 0 aliphatic heterocycles. The number of aliphatic hydroxyl groups excluding tert-OH is 1. The zero-order chi connectivity index (χ0) is 14.8. The van der Waals surface area contributed by atoms with Crippen LogP contribution in [-0.4, -0.2) is 37.2 Å². The Morgan fingerprint density at radius 1 is 1.32 bits per heavy atom. The van der Waals surface area contributed by atoms with Gasteiger partial charge in [-0.1, -0.05) is 28.1 Å². The van der Waals surface area contributed by atoms with Crippen molar-refractivity contribution >= 4 is 25.8 Å². The highest BCUT2D eigenvalue weighted by Crippen LogP contribution is 2.31. The van der Waals surface area contributed by atoms with Crippen molar-refractivity contribution < 1.29 is 13.5 Å². The molecule has 0 saturated carbocycles.